The topological polar surface area (TPSA) is 29.1 Å². The minimum Gasteiger partial charge on any atom is -0.349 e. The van der Waals surface area contributed by atoms with Crippen molar-refractivity contribution in [1.82, 2.24) is 5.32 Å². The maximum Gasteiger partial charge on any atom is 0.223 e. The van der Waals surface area contributed by atoms with Gasteiger partial charge in [-0.1, -0.05) is 67.6 Å². The first-order valence-electron chi connectivity index (χ1n) is 7.06. The van der Waals surface area contributed by atoms with Crippen molar-refractivity contribution in [3.8, 4) is 0 Å². The van der Waals surface area contributed by atoms with Gasteiger partial charge in [0, 0.05) is 5.92 Å². The van der Waals surface area contributed by atoms with E-state index >= 15 is 0 Å². The summed E-state index contributed by atoms with van der Waals surface area (Å²) >= 11 is 0. The molecular weight excluding hydrogens is 246 g/mol. The van der Waals surface area contributed by atoms with E-state index < -0.39 is 0 Å². The normalized spacial score (nSPS) is 13.5. The smallest absolute Gasteiger partial charge is 0.223 e. The van der Waals surface area contributed by atoms with Gasteiger partial charge in [-0.15, -0.1) is 0 Å². The van der Waals surface area contributed by atoms with E-state index in [2.05, 4.69) is 17.4 Å². The van der Waals surface area contributed by atoms with Crippen LogP contribution in [0.15, 0.2) is 60.7 Å². The lowest BCUT2D eigenvalue weighted by molar-refractivity contribution is -0.125. The molecule has 0 aliphatic rings. The third-order valence-corrected chi connectivity index (χ3v) is 3.49. The first-order valence-corrected chi connectivity index (χ1v) is 7.06. The molecule has 2 aromatic carbocycles. The molecule has 0 fully saturated rings. The molecule has 0 aliphatic carbocycles. The highest BCUT2D eigenvalue weighted by molar-refractivity contribution is 5.79. The molecular formula is C18H21NO. The molecule has 2 nitrogen and oxygen atoms in total. The molecule has 0 aliphatic heterocycles. The average molecular weight is 267 g/mol. The SMILES string of the molecule is CC(Cc1ccccc1)C(=O)N[C@@H](C)c1ccccc1. The van der Waals surface area contributed by atoms with Crippen molar-refractivity contribution >= 4 is 5.91 Å². The Hall–Kier alpha value is -2.09. The van der Waals surface area contributed by atoms with Crippen LogP contribution in [0.4, 0.5) is 0 Å². The van der Waals surface area contributed by atoms with Crippen molar-refractivity contribution < 1.29 is 4.79 Å². The molecule has 1 amide bonds. The van der Waals surface area contributed by atoms with Gasteiger partial charge in [-0.2, -0.15) is 0 Å². The summed E-state index contributed by atoms with van der Waals surface area (Å²) < 4.78 is 0. The molecule has 2 heteroatoms. The van der Waals surface area contributed by atoms with E-state index in [1.54, 1.807) is 0 Å². The van der Waals surface area contributed by atoms with Crippen molar-refractivity contribution in [3.05, 3.63) is 71.8 Å². The van der Waals surface area contributed by atoms with Gasteiger partial charge in [0.15, 0.2) is 0 Å². The van der Waals surface area contributed by atoms with Gasteiger partial charge in [0.1, 0.15) is 0 Å². The van der Waals surface area contributed by atoms with Crippen molar-refractivity contribution in [3.63, 3.8) is 0 Å². The number of amides is 1. The highest BCUT2D eigenvalue weighted by Gasteiger charge is 2.16. The molecule has 20 heavy (non-hydrogen) atoms. The van der Waals surface area contributed by atoms with Crippen LogP contribution in [-0.2, 0) is 11.2 Å². The zero-order valence-electron chi connectivity index (χ0n) is 12.0. The summed E-state index contributed by atoms with van der Waals surface area (Å²) in [5.74, 6) is 0.0776. The largest absolute Gasteiger partial charge is 0.349 e. The fraction of sp³-hybridized carbons (Fsp3) is 0.278. The number of carbonyl (C=O) groups excluding carboxylic acids is 1. The van der Waals surface area contributed by atoms with Gasteiger partial charge >= 0.3 is 0 Å². The summed E-state index contributed by atoms with van der Waals surface area (Å²) in [5, 5.41) is 3.08. The summed E-state index contributed by atoms with van der Waals surface area (Å²) in [4.78, 5) is 12.2. The van der Waals surface area contributed by atoms with Crippen LogP contribution in [-0.4, -0.2) is 5.91 Å². The van der Waals surface area contributed by atoms with Gasteiger partial charge in [0.25, 0.3) is 0 Å². The summed E-state index contributed by atoms with van der Waals surface area (Å²) in [6.07, 6.45) is 0.772. The average Bonchev–Trinajstić information content (AvgIpc) is 2.49. The monoisotopic (exact) mass is 267 g/mol. The van der Waals surface area contributed by atoms with Gasteiger partial charge in [-0.25, -0.2) is 0 Å². The number of hydrogen-bond donors (Lipinski definition) is 1. The van der Waals surface area contributed by atoms with Gasteiger partial charge in [0.2, 0.25) is 5.91 Å². The molecule has 2 atom stereocenters. The third kappa shape index (κ3) is 3.95. The molecule has 0 bridgehead atoms. The number of nitrogens with one attached hydrogen (secondary N) is 1. The summed E-state index contributed by atoms with van der Waals surface area (Å²) in [6.45, 7) is 3.99. The zero-order valence-corrected chi connectivity index (χ0v) is 12.0. The molecule has 2 aromatic rings. The molecule has 104 valence electrons. The van der Waals surface area contributed by atoms with Crippen LogP contribution >= 0.6 is 0 Å². The van der Waals surface area contributed by atoms with Gasteiger partial charge < -0.3 is 5.32 Å². The molecule has 0 aromatic heterocycles. The van der Waals surface area contributed by atoms with Crippen LogP contribution in [0.25, 0.3) is 0 Å². The Morgan fingerprint density at radius 1 is 0.950 bits per heavy atom. The summed E-state index contributed by atoms with van der Waals surface area (Å²) in [7, 11) is 0. The lowest BCUT2D eigenvalue weighted by Gasteiger charge is -2.18. The number of carbonyl (C=O) groups is 1. The van der Waals surface area contributed by atoms with Crippen molar-refractivity contribution in [2.75, 3.05) is 0 Å². The van der Waals surface area contributed by atoms with E-state index in [9.17, 15) is 4.79 Å². The van der Waals surface area contributed by atoms with E-state index in [0.29, 0.717) is 0 Å². The minimum atomic E-state index is -0.0245. The van der Waals surface area contributed by atoms with Gasteiger partial charge in [0.05, 0.1) is 6.04 Å². The third-order valence-electron chi connectivity index (χ3n) is 3.49. The molecule has 1 N–H and O–H groups in total. The summed E-state index contributed by atoms with van der Waals surface area (Å²) in [6, 6.07) is 20.2. The quantitative estimate of drug-likeness (QED) is 0.878. The van der Waals surface area contributed by atoms with Crippen molar-refractivity contribution in [2.24, 2.45) is 5.92 Å². The second kappa shape index (κ2) is 6.90. The molecule has 0 radical (unpaired) electrons. The van der Waals surface area contributed by atoms with Crippen molar-refractivity contribution in [2.45, 2.75) is 26.3 Å². The van der Waals surface area contributed by atoms with E-state index in [4.69, 9.17) is 0 Å². The maximum absolute atomic E-state index is 12.2. The number of benzene rings is 2. The first-order chi connectivity index (χ1) is 9.66. The van der Waals surface area contributed by atoms with Crippen LogP contribution < -0.4 is 5.32 Å². The fourth-order valence-electron chi connectivity index (χ4n) is 2.24. The van der Waals surface area contributed by atoms with Crippen molar-refractivity contribution in [1.29, 1.82) is 0 Å². The predicted molar refractivity (Wildman–Crippen MR) is 82.3 cm³/mol. The standard InChI is InChI=1S/C18H21NO/c1-14(13-16-9-5-3-6-10-16)18(20)19-15(2)17-11-7-4-8-12-17/h3-12,14-15H,13H2,1-2H3,(H,19,20)/t14?,15-/m0/s1. The van der Waals surface area contributed by atoms with E-state index in [0.717, 1.165) is 12.0 Å². The van der Waals surface area contributed by atoms with Crippen LogP contribution in [0, 0.1) is 5.92 Å². The highest BCUT2D eigenvalue weighted by atomic mass is 16.1. The Kier molecular flexibility index (Phi) is 4.94. The molecule has 0 spiro atoms. The second-order valence-corrected chi connectivity index (χ2v) is 5.23. The molecule has 0 saturated heterocycles. The molecule has 0 saturated carbocycles. The molecule has 1 unspecified atom stereocenters. The second-order valence-electron chi connectivity index (χ2n) is 5.23. The van der Waals surface area contributed by atoms with E-state index in [-0.39, 0.29) is 17.9 Å². The maximum atomic E-state index is 12.2. The van der Waals surface area contributed by atoms with E-state index in [1.165, 1.54) is 5.56 Å². The lowest BCUT2D eigenvalue weighted by atomic mass is 9.99. The lowest BCUT2D eigenvalue weighted by Crippen LogP contribution is -2.32. The van der Waals surface area contributed by atoms with Crippen LogP contribution in [0.3, 0.4) is 0 Å². The minimum absolute atomic E-state index is 0.0245. The molecule has 2 rings (SSSR count). The van der Waals surface area contributed by atoms with Crippen LogP contribution in [0.2, 0.25) is 0 Å². The molecule has 0 heterocycles. The number of hydrogen-bond acceptors (Lipinski definition) is 1. The first kappa shape index (κ1) is 14.3. The van der Waals surface area contributed by atoms with Crippen LogP contribution in [0.1, 0.15) is 31.0 Å². The Bertz CT molecular complexity index is 536. The predicted octanol–water partition coefficient (Wildman–Crippen LogP) is 3.74. The number of rotatable bonds is 5. The Labute approximate surface area is 120 Å². The van der Waals surface area contributed by atoms with Gasteiger partial charge in [-0.3, -0.25) is 4.79 Å². The highest BCUT2D eigenvalue weighted by Crippen LogP contribution is 2.14. The zero-order chi connectivity index (χ0) is 14.4. The van der Waals surface area contributed by atoms with Crippen LogP contribution in [0.5, 0.6) is 0 Å². The van der Waals surface area contributed by atoms with E-state index in [1.807, 2.05) is 62.4 Å². The Morgan fingerprint density at radius 3 is 2.10 bits per heavy atom. The Balaban J connectivity index is 1.91. The Morgan fingerprint density at radius 2 is 1.50 bits per heavy atom. The summed E-state index contributed by atoms with van der Waals surface area (Å²) in [5.41, 5.74) is 2.33. The van der Waals surface area contributed by atoms with Gasteiger partial charge in [-0.05, 0) is 24.5 Å². The fourth-order valence-corrected chi connectivity index (χ4v) is 2.24.